The fraction of sp³-hybridized carbons (Fsp3) is 0.455. The van der Waals surface area contributed by atoms with Crippen LogP contribution in [0.2, 0.25) is 0 Å². The zero-order chi connectivity index (χ0) is 12.8. The van der Waals surface area contributed by atoms with Crippen LogP contribution in [-0.2, 0) is 4.79 Å². The van der Waals surface area contributed by atoms with E-state index in [1.54, 1.807) is 12.1 Å². The molecule has 1 aromatic heterocycles. The van der Waals surface area contributed by atoms with E-state index in [0.29, 0.717) is 11.4 Å². The van der Waals surface area contributed by atoms with E-state index in [4.69, 9.17) is 4.74 Å². The average molecular weight is 240 g/mol. The number of nitrogens with zero attached hydrogens (tertiary/aromatic N) is 1. The molecule has 1 aromatic rings. The Kier molecular flexibility index (Phi) is 4.86. The Bertz CT molecular complexity index is 366. The van der Waals surface area contributed by atoms with Crippen molar-refractivity contribution in [2.75, 3.05) is 13.7 Å². The Labute approximate surface area is 99.3 Å². The van der Waals surface area contributed by atoms with Gasteiger partial charge in [0.15, 0.2) is 0 Å². The minimum absolute atomic E-state index is 0.0114. The summed E-state index contributed by atoms with van der Waals surface area (Å²) >= 11 is 0. The van der Waals surface area contributed by atoms with Gasteiger partial charge in [0.05, 0.1) is 7.11 Å². The first-order valence-corrected chi connectivity index (χ1v) is 5.15. The van der Waals surface area contributed by atoms with Gasteiger partial charge < -0.3 is 20.3 Å². The lowest BCUT2D eigenvalue weighted by Crippen LogP contribution is -2.34. The summed E-state index contributed by atoms with van der Waals surface area (Å²) in [4.78, 5) is 14.6. The lowest BCUT2D eigenvalue weighted by molar-refractivity contribution is -0.119. The Morgan fingerprint density at radius 1 is 1.53 bits per heavy atom. The van der Waals surface area contributed by atoms with E-state index in [9.17, 15) is 15.0 Å². The molecule has 2 atom stereocenters. The quantitative estimate of drug-likeness (QED) is 0.652. The van der Waals surface area contributed by atoms with Crippen molar-refractivity contribution >= 4 is 5.91 Å². The van der Waals surface area contributed by atoms with Crippen molar-refractivity contribution in [3.8, 4) is 5.88 Å². The number of hydrogen-bond donors (Lipinski definition) is 3. The number of carbonyl (C=O) groups is 1. The van der Waals surface area contributed by atoms with E-state index >= 15 is 0 Å². The third-order valence-corrected chi connectivity index (χ3v) is 2.23. The summed E-state index contributed by atoms with van der Waals surface area (Å²) in [5, 5.41) is 21.8. The molecule has 0 fully saturated rings. The van der Waals surface area contributed by atoms with E-state index in [2.05, 4.69) is 10.3 Å². The molecule has 17 heavy (non-hydrogen) atoms. The van der Waals surface area contributed by atoms with Crippen LogP contribution in [0, 0.1) is 0 Å². The van der Waals surface area contributed by atoms with Crippen LogP contribution < -0.4 is 10.1 Å². The highest BCUT2D eigenvalue weighted by Gasteiger charge is 2.18. The highest BCUT2D eigenvalue weighted by Crippen LogP contribution is 2.17. The number of aliphatic hydroxyl groups excluding tert-OH is 2. The topological polar surface area (TPSA) is 91.7 Å². The molecule has 1 amide bonds. The standard InChI is InChI=1S/C11H16N2O4/c1-7(14)12-6-9(15)11(16)8-3-4-10(17-2)13-5-8/h3-5,9,11,15-16H,6H2,1-2H3,(H,12,14). The van der Waals surface area contributed by atoms with Crippen molar-refractivity contribution in [1.29, 1.82) is 0 Å². The molecule has 3 N–H and O–H groups in total. The highest BCUT2D eigenvalue weighted by atomic mass is 16.5. The van der Waals surface area contributed by atoms with Crippen LogP contribution >= 0.6 is 0 Å². The van der Waals surface area contributed by atoms with Gasteiger partial charge in [-0.1, -0.05) is 0 Å². The van der Waals surface area contributed by atoms with Gasteiger partial charge in [-0.25, -0.2) is 4.98 Å². The smallest absolute Gasteiger partial charge is 0.216 e. The molecular weight excluding hydrogens is 224 g/mol. The predicted molar refractivity (Wildman–Crippen MR) is 60.4 cm³/mol. The molecule has 6 heteroatoms. The molecule has 94 valence electrons. The van der Waals surface area contributed by atoms with E-state index < -0.39 is 12.2 Å². The van der Waals surface area contributed by atoms with Crippen molar-refractivity contribution in [3.05, 3.63) is 23.9 Å². The first kappa shape index (κ1) is 13.4. The first-order chi connectivity index (χ1) is 8.04. The number of methoxy groups -OCH3 is 1. The SMILES string of the molecule is COc1ccc(C(O)C(O)CNC(C)=O)cn1. The van der Waals surface area contributed by atoms with Crippen molar-refractivity contribution in [2.24, 2.45) is 0 Å². The third-order valence-electron chi connectivity index (χ3n) is 2.23. The Morgan fingerprint density at radius 2 is 2.24 bits per heavy atom. The van der Waals surface area contributed by atoms with E-state index in [0.717, 1.165) is 0 Å². The maximum absolute atomic E-state index is 10.7. The molecular formula is C11H16N2O4. The number of pyridine rings is 1. The number of carbonyl (C=O) groups excluding carboxylic acids is 1. The van der Waals surface area contributed by atoms with Gasteiger partial charge in [0.2, 0.25) is 11.8 Å². The Morgan fingerprint density at radius 3 is 2.71 bits per heavy atom. The summed E-state index contributed by atoms with van der Waals surface area (Å²) in [7, 11) is 1.49. The maximum atomic E-state index is 10.7. The molecule has 0 aliphatic carbocycles. The molecule has 0 radical (unpaired) electrons. The number of hydrogen-bond acceptors (Lipinski definition) is 5. The molecule has 0 bridgehead atoms. The number of amides is 1. The van der Waals surface area contributed by atoms with Crippen LogP contribution in [0.4, 0.5) is 0 Å². The van der Waals surface area contributed by atoms with Crippen LogP contribution in [0.1, 0.15) is 18.6 Å². The zero-order valence-electron chi connectivity index (χ0n) is 9.75. The van der Waals surface area contributed by atoms with Crippen molar-refractivity contribution < 1.29 is 19.7 Å². The largest absolute Gasteiger partial charge is 0.481 e. The molecule has 1 heterocycles. The van der Waals surface area contributed by atoms with Gasteiger partial charge in [0.25, 0.3) is 0 Å². The van der Waals surface area contributed by atoms with Gasteiger partial charge in [0.1, 0.15) is 12.2 Å². The van der Waals surface area contributed by atoms with Crippen LogP contribution in [0.5, 0.6) is 5.88 Å². The fourth-order valence-electron chi connectivity index (χ4n) is 1.27. The summed E-state index contributed by atoms with van der Waals surface area (Å²) < 4.78 is 4.88. The summed E-state index contributed by atoms with van der Waals surface area (Å²) in [5.74, 6) is 0.168. The number of aliphatic hydroxyl groups is 2. The van der Waals surface area contributed by atoms with E-state index in [1.807, 2.05) is 0 Å². The second-order valence-electron chi connectivity index (χ2n) is 3.58. The molecule has 1 rings (SSSR count). The summed E-state index contributed by atoms with van der Waals surface area (Å²) in [6, 6.07) is 3.19. The summed E-state index contributed by atoms with van der Waals surface area (Å²) in [6.45, 7) is 1.33. The first-order valence-electron chi connectivity index (χ1n) is 5.15. The molecule has 6 nitrogen and oxygen atoms in total. The van der Waals surface area contributed by atoms with Crippen LogP contribution in [0.3, 0.4) is 0 Å². The maximum Gasteiger partial charge on any atom is 0.216 e. The summed E-state index contributed by atoms with van der Waals surface area (Å²) in [6.07, 6.45) is -0.755. The minimum atomic E-state index is -1.10. The highest BCUT2D eigenvalue weighted by molar-refractivity contribution is 5.72. The van der Waals surface area contributed by atoms with Gasteiger partial charge in [0, 0.05) is 31.3 Å². The van der Waals surface area contributed by atoms with Gasteiger partial charge >= 0.3 is 0 Å². The molecule has 2 unspecified atom stereocenters. The molecule has 0 aromatic carbocycles. The van der Waals surface area contributed by atoms with Gasteiger partial charge in [-0.2, -0.15) is 0 Å². The Hall–Kier alpha value is -1.66. The molecule has 0 spiro atoms. The monoisotopic (exact) mass is 240 g/mol. The van der Waals surface area contributed by atoms with Crippen LogP contribution in [0.25, 0.3) is 0 Å². The van der Waals surface area contributed by atoms with E-state index in [-0.39, 0.29) is 12.5 Å². The second-order valence-corrected chi connectivity index (χ2v) is 3.58. The average Bonchev–Trinajstić information content (AvgIpc) is 2.35. The van der Waals surface area contributed by atoms with Gasteiger partial charge in [-0.05, 0) is 6.07 Å². The van der Waals surface area contributed by atoms with Crippen LogP contribution in [0.15, 0.2) is 18.3 Å². The third kappa shape index (κ3) is 4.01. The summed E-state index contributed by atoms with van der Waals surface area (Å²) in [5.41, 5.74) is 0.462. The van der Waals surface area contributed by atoms with Crippen molar-refractivity contribution in [3.63, 3.8) is 0 Å². The molecule has 0 saturated carbocycles. The number of nitrogens with one attached hydrogen (secondary N) is 1. The lowest BCUT2D eigenvalue weighted by atomic mass is 10.1. The molecule has 0 aliphatic rings. The fourth-order valence-corrected chi connectivity index (χ4v) is 1.27. The van der Waals surface area contributed by atoms with E-state index in [1.165, 1.54) is 20.2 Å². The lowest BCUT2D eigenvalue weighted by Gasteiger charge is -2.18. The van der Waals surface area contributed by atoms with Crippen LogP contribution in [-0.4, -0.2) is 40.9 Å². The van der Waals surface area contributed by atoms with Gasteiger partial charge in [-0.3, -0.25) is 4.79 Å². The number of aromatic nitrogens is 1. The second kappa shape index (κ2) is 6.17. The van der Waals surface area contributed by atoms with Crippen molar-refractivity contribution in [2.45, 2.75) is 19.1 Å². The minimum Gasteiger partial charge on any atom is -0.481 e. The predicted octanol–water partition coefficient (Wildman–Crippen LogP) is -0.379. The number of rotatable bonds is 5. The normalized spacial score (nSPS) is 13.9. The Balaban J connectivity index is 2.60. The van der Waals surface area contributed by atoms with Crippen molar-refractivity contribution in [1.82, 2.24) is 10.3 Å². The molecule has 0 saturated heterocycles. The number of ether oxygens (including phenoxy) is 1. The van der Waals surface area contributed by atoms with Gasteiger partial charge in [-0.15, -0.1) is 0 Å². The zero-order valence-corrected chi connectivity index (χ0v) is 9.75. The molecule has 0 aliphatic heterocycles.